The number of thiophene rings is 1. The molecule has 0 aliphatic carbocycles. The third-order valence-electron chi connectivity index (χ3n) is 2.63. The molecule has 0 saturated carbocycles. The van der Waals surface area contributed by atoms with Gasteiger partial charge in [0.15, 0.2) is 0 Å². The molecule has 1 aromatic carbocycles. The van der Waals surface area contributed by atoms with E-state index in [0.29, 0.717) is 14.5 Å². The summed E-state index contributed by atoms with van der Waals surface area (Å²) in [5.74, 6) is 0. The first-order valence-electron chi connectivity index (χ1n) is 5.62. The number of anilines is 1. The molecular formula is C12H12BrClN2O2S2. The second kappa shape index (κ2) is 6.03. The van der Waals surface area contributed by atoms with Gasteiger partial charge in [-0.2, -0.15) is 0 Å². The highest BCUT2D eigenvalue weighted by Gasteiger charge is 2.20. The fourth-order valence-corrected chi connectivity index (χ4v) is 4.25. The maximum atomic E-state index is 12.3. The normalized spacial score (nSPS) is 13.3. The Morgan fingerprint density at radius 2 is 2.05 bits per heavy atom. The van der Waals surface area contributed by atoms with Crippen molar-refractivity contribution in [2.75, 3.05) is 5.73 Å². The van der Waals surface area contributed by atoms with Gasteiger partial charge in [-0.3, -0.25) is 0 Å². The maximum Gasteiger partial charge on any atom is 0.241 e. The molecule has 20 heavy (non-hydrogen) atoms. The summed E-state index contributed by atoms with van der Waals surface area (Å²) < 4.78 is 28.4. The zero-order valence-electron chi connectivity index (χ0n) is 10.4. The number of hydrogen-bond donors (Lipinski definition) is 2. The minimum atomic E-state index is -3.62. The topological polar surface area (TPSA) is 72.2 Å². The van der Waals surface area contributed by atoms with Crippen LogP contribution in [0.2, 0.25) is 4.34 Å². The average Bonchev–Trinajstić information content (AvgIpc) is 2.79. The van der Waals surface area contributed by atoms with Crippen molar-refractivity contribution in [3.05, 3.63) is 44.0 Å². The lowest BCUT2D eigenvalue weighted by atomic mass is 10.3. The predicted octanol–water partition coefficient (Wildman–Crippen LogP) is 3.79. The summed E-state index contributed by atoms with van der Waals surface area (Å²) in [4.78, 5) is 0.983. The van der Waals surface area contributed by atoms with Crippen molar-refractivity contribution in [2.45, 2.75) is 17.9 Å². The van der Waals surface area contributed by atoms with E-state index in [1.165, 1.54) is 23.5 Å². The van der Waals surface area contributed by atoms with E-state index in [1.807, 2.05) is 0 Å². The molecule has 1 aromatic heterocycles. The van der Waals surface area contributed by atoms with Crippen LogP contribution in [0.5, 0.6) is 0 Å². The molecule has 8 heteroatoms. The van der Waals surface area contributed by atoms with Gasteiger partial charge in [-0.1, -0.05) is 11.6 Å². The number of nitrogen functional groups attached to an aromatic ring is 1. The molecule has 1 heterocycles. The largest absolute Gasteiger partial charge is 0.398 e. The number of halogens is 2. The maximum absolute atomic E-state index is 12.3. The Balaban J connectivity index is 2.24. The molecule has 0 aliphatic heterocycles. The Hall–Kier alpha value is -0.600. The fourth-order valence-electron chi connectivity index (χ4n) is 1.61. The molecule has 4 nitrogen and oxygen atoms in total. The molecule has 108 valence electrons. The van der Waals surface area contributed by atoms with Gasteiger partial charge < -0.3 is 5.73 Å². The van der Waals surface area contributed by atoms with Gasteiger partial charge in [0.2, 0.25) is 10.0 Å². The lowest BCUT2D eigenvalue weighted by Crippen LogP contribution is -2.26. The Bertz CT molecular complexity index is 731. The van der Waals surface area contributed by atoms with Crippen LogP contribution in [0.3, 0.4) is 0 Å². The summed E-state index contributed by atoms with van der Waals surface area (Å²) in [6, 6.07) is 7.70. The number of hydrogen-bond acceptors (Lipinski definition) is 4. The van der Waals surface area contributed by atoms with Crippen molar-refractivity contribution >= 4 is 54.6 Å². The van der Waals surface area contributed by atoms with Crippen LogP contribution in [-0.2, 0) is 10.0 Å². The molecule has 0 aliphatic rings. The highest BCUT2D eigenvalue weighted by molar-refractivity contribution is 9.10. The predicted molar refractivity (Wildman–Crippen MR) is 86.6 cm³/mol. The molecule has 1 unspecified atom stereocenters. The SMILES string of the molecule is CC(NS(=O)(=O)c1ccc(Br)c(N)c1)c1ccc(Cl)s1. The molecule has 0 bridgehead atoms. The van der Waals surface area contributed by atoms with Crippen molar-refractivity contribution in [3.63, 3.8) is 0 Å². The van der Waals surface area contributed by atoms with Crippen LogP contribution in [0.25, 0.3) is 0 Å². The summed E-state index contributed by atoms with van der Waals surface area (Å²) in [7, 11) is -3.62. The van der Waals surface area contributed by atoms with Gasteiger partial charge in [0, 0.05) is 15.0 Å². The minimum absolute atomic E-state index is 0.132. The van der Waals surface area contributed by atoms with Crippen molar-refractivity contribution in [3.8, 4) is 0 Å². The van der Waals surface area contributed by atoms with Crippen LogP contribution >= 0.6 is 38.9 Å². The van der Waals surface area contributed by atoms with Gasteiger partial charge in [-0.15, -0.1) is 11.3 Å². The molecule has 2 rings (SSSR count). The van der Waals surface area contributed by atoms with E-state index in [2.05, 4.69) is 20.7 Å². The molecular weight excluding hydrogens is 384 g/mol. The number of sulfonamides is 1. The summed E-state index contributed by atoms with van der Waals surface area (Å²) in [5.41, 5.74) is 6.08. The summed E-state index contributed by atoms with van der Waals surface area (Å²) in [5, 5.41) is 0. The minimum Gasteiger partial charge on any atom is -0.398 e. The smallest absolute Gasteiger partial charge is 0.241 e. The van der Waals surface area contributed by atoms with E-state index in [1.54, 1.807) is 25.1 Å². The summed E-state index contributed by atoms with van der Waals surface area (Å²) in [6.45, 7) is 1.77. The molecule has 0 fully saturated rings. The molecule has 0 saturated heterocycles. The standard InChI is InChI=1S/C12H12BrClN2O2S2/c1-7(11-4-5-12(14)19-11)16-20(17,18)8-2-3-9(13)10(15)6-8/h2-7,16H,15H2,1H3. The summed E-state index contributed by atoms with van der Waals surface area (Å²) >= 11 is 10.4. The van der Waals surface area contributed by atoms with Crippen LogP contribution in [0.15, 0.2) is 39.7 Å². The van der Waals surface area contributed by atoms with Gasteiger partial charge >= 0.3 is 0 Å². The van der Waals surface area contributed by atoms with Crippen LogP contribution in [0.1, 0.15) is 17.8 Å². The van der Waals surface area contributed by atoms with E-state index in [4.69, 9.17) is 17.3 Å². The van der Waals surface area contributed by atoms with Crippen LogP contribution in [-0.4, -0.2) is 8.42 Å². The highest BCUT2D eigenvalue weighted by atomic mass is 79.9. The Morgan fingerprint density at radius 1 is 1.35 bits per heavy atom. The molecule has 0 radical (unpaired) electrons. The number of nitrogens with one attached hydrogen (secondary N) is 1. The van der Waals surface area contributed by atoms with Gasteiger partial charge in [0.05, 0.1) is 15.3 Å². The van der Waals surface area contributed by atoms with Crippen LogP contribution in [0.4, 0.5) is 5.69 Å². The first kappa shape index (κ1) is 15.8. The van der Waals surface area contributed by atoms with E-state index >= 15 is 0 Å². The molecule has 0 spiro atoms. The first-order chi connectivity index (χ1) is 9.29. The van der Waals surface area contributed by atoms with E-state index in [0.717, 1.165) is 4.88 Å². The Kier molecular flexibility index (Phi) is 4.76. The van der Waals surface area contributed by atoms with Crippen molar-refractivity contribution in [1.29, 1.82) is 0 Å². The van der Waals surface area contributed by atoms with Crippen LogP contribution in [0, 0.1) is 0 Å². The Labute approximate surface area is 135 Å². The fraction of sp³-hybridized carbons (Fsp3) is 0.167. The quantitative estimate of drug-likeness (QED) is 0.774. The molecule has 2 aromatic rings. The van der Waals surface area contributed by atoms with E-state index < -0.39 is 10.0 Å². The van der Waals surface area contributed by atoms with Gasteiger partial charge in [-0.05, 0) is 53.2 Å². The highest BCUT2D eigenvalue weighted by Crippen LogP contribution is 2.28. The third kappa shape index (κ3) is 3.53. The molecule has 1 atom stereocenters. The lowest BCUT2D eigenvalue weighted by molar-refractivity contribution is 0.568. The van der Waals surface area contributed by atoms with E-state index in [9.17, 15) is 8.42 Å². The van der Waals surface area contributed by atoms with Crippen molar-refractivity contribution in [1.82, 2.24) is 4.72 Å². The second-order valence-corrected chi connectivity index (χ2v) is 8.48. The van der Waals surface area contributed by atoms with Crippen molar-refractivity contribution in [2.24, 2.45) is 0 Å². The van der Waals surface area contributed by atoms with Crippen LogP contribution < -0.4 is 10.5 Å². The van der Waals surface area contributed by atoms with Gasteiger partial charge in [-0.25, -0.2) is 13.1 Å². The average molecular weight is 396 g/mol. The third-order valence-corrected chi connectivity index (χ3v) is 6.30. The monoisotopic (exact) mass is 394 g/mol. The number of benzene rings is 1. The Morgan fingerprint density at radius 3 is 2.60 bits per heavy atom. The zero-order chi connectivity index (χ0) is 14.9. The van der Waals surface area contributed by atoms with Gasteiger partial charge in [0.1, 0.15) is 0 Å². The lowest BCUT2D eigenvalue weighted by Gasteiger charge is -2.13. The van der Waals surface area contributed by atoms with Crippen molar-refractivity contribution < 1.29 is 8.42 Å². The molecule has 3 N–H and O–H groups in total. The van der Waals surface area contributed by atoms with E-state index in [-0.39, 0.29) is 10.9 Å². The van der Waals surface area contributed by atoms with Gasteiger partial charge in [0.25, 0.3) is 0 Å². The number of nitrogens with two attached hydrogens (primary N) is 1. The second-order valence-electron chi connectivity index (χ2n) is 4.17. The number of rotatable bonds is 4. The zero-order valence-corrected chi connectivity index (χ0v) is 14.4. The summed E-state index contributed by atoms with van der Waals surface area (Å²) in [6.07, 6.45) is 0. The molecule has 0 amide bonds. The first-order valence-corrected chi connectivity index (χ1v) is 9.09.